The molecule has 0 aliphatic carbocycles. The van der Waals surface area contributed by atoms with Crippen LogP contribution < -0.4 is 0 Å². The first-order valence-electron chi connectivity index (χ1n) is 5.92. The largest absolute Gasteiger partial charge is 0.235 e. The zero-order chi connectivity index (χ0) is 12.7. The summed E-state index contributed by atoms with van der Waals surface area (Å²) in [5.74, 6) is 0. The second-order valence-corrected chi connectivity index (χ2v) is 5.57. The molecule has 3 aromatic rings. The lowest BCUT2D eigenvalue weighted by atomic mass is 10.0. The maximum absolute atomic E-state index is 4.47. The molecular formula is C15H14N2S. The third-order valence-corrected chi connectivity index (χ3v) is 4.12. The van der Waals surface area contributed by atoms with Crippen molar-refractivity contribution in [1.82, 2.24) is 9.97 Å². The second kappa shape index (κ2) is 4.18. The minimum atomic E-state index is 1.05. The van der Waals surface area contributed by atoms with Gasteiger partial charge in [0.15, 0.2) is 0 Å². The second-order valence-electron chi connectivity index (χ2n) is 4.70. The summed E-state index contributed by atoms with van der Waals surface area (Å²) in [6, 6.07) is 6.55. The number of hydrogen-bond donors (Lipinski definition) is 0. The van der Waals surface area contributed by atoms with Crippen LogP contribution in [0.5, 0.6) is 0 Å². The predicted octanol–water partition coefficient (Wildman–Crippen LogP) is 4.28. The van der Waals surface area contributed by atoms with E-state index in [1.54, 1.807) is 17.7 Å². The maximum atomic E-state index is 4.47. The number of thiophene rings is 1. The monoisotopic (exact) mass is 254 g/mol. The SMILES string of the molecule is Cc1cc(C)cc(-c2ncnc3c(C)csc23)c1. The van der Waals surface area contributed by atoms with Gasteiger partial charge < -0.3 is 0 Å². The van der Waals surface area contributed by atoms with Gasteiger partial charge in [0.1, 0.15) is 6.33 Å². The normalized spacial score (nSPS) is 11.1. The number of aromatic nitrogens is 2. The van der Waals surface area contributed by atoms with Gasteiger partial charge in [-0.1, -0.05) is 17.2 Å². The molecule has 0 saturated carbocycles. The number of nitrogens with zero attached hydrogens (tertiary/aromatic N) is 2. The van der Waals surface area contributed by atoms with E-state index in [1.165, 1.54) is 27.0 Å². The molecule has 3 rings (SSSR count). The average Bonchev–Trinajstić information content (AvgIpc) is 2.70. The van der Waals surface area contributed by atoms with E-state index in [0.29, 0.717) is 0 Å². The first kappa shape index (κ1) is 11.4. The van der Waals surface area contributed by atoms with Gasteiger partial charge in [0.25, 0.3) is 0 Å². The molecule has 1 aromatic carbocycles. The molecular weight excluding hydrogens is 240 g/mol. The summed E-state index contributed by atoms with van der Waals surface area (Å²) in [4.78, 5) is 8.84. The summed E-state index contributed by atoms with van der Waals surface area (Å²) in [6.07, 6.45) is 1.66. The van der Waals surface area contributed by atoms with Crippen molar-refractivity contribution in [2.24, 2.45) is 0 Å². The van der Waals surface area contributed by atoms with Crippen molar-refractivity contribution in [1.29, 1.82) is 0 Å². The molecule has 0 saturated heterocycles. The van der Waals surface area contributed by atoms with Gasteiger partial charge in [-0.15, -0.1) is 11.3 Å². The van der Waals surface area contributed by atoms with Crippen molar-refractivity contribution < 1.29 is 0 Å². The summed E-state index contributed by atoms with van der Waals surface area (Å²) in [7, 11) is 0. The number of rotatable bonds is 1. The van der Waals surface area contributed by atoms with Crippen LogP contribution in [0, 0.1) is 20.8 Å². The average molecular weight is 254 g/mol. The van der Waals surface area contributed by atoms with E-state index in [-0.39, 0.29) is 0 Å². The molecule has 0 unspecified atom stereocenters. The summed E-state index contributed by atoms with van der Waals surface area (Å²) >= 11 is 1.72. The highest BCUT2D eigenvalue weighted by Crippen LogP contribution is 2.32. The molecule has 0 atom stereocenters. The first-order valence-corrected chi connectivity index (χ1v) is 6.80. The van der Waals surface area contributed by atoms with Gasteiger partial charge in [0.2, 0.25) is 0 Å². The number of benzene rings is 1. The Balaban J connectivity index is 2.31. The minimum Gasteiger partial charge on any atom is -0.235 e. The third-order valence-electron chi connectivity index (χ3n) is 3.03. The Morgan fingerprint density at radius 2 is 1.67 bits per heavy atom. The van der Waals surface area contributed by atoms with Crippen molar-refractivity contribution in [3.63, 3.8) is 0 Å². The lowest BCUT2D eigenvalue weighted by molar-refractivity contribution is 1.22. The highest BCUT2D eigenvalue weighted by atomic mass is 32.1. The van der Waals surface area contributed by atoms with E-state index in [1.807, 2.05) is 0 Å². The number of hydrogen-bond acceptors (Lipinski definition) is 3. The van der Waals surface area contributed by atoms with Crippen LogP contribution >= 0.6 is 11.3 Å². The lowest BCUT2D eigenvalue weighted by Crippen LogP contribution is -1.88. The minimum absolute atomic E-state index is 1.05. The quantitative estimate of drug-likeness (QED) is 0.647. The molecule has 90 valence electrons. The van der Waals surface area contributed by atoms with Gasteiger partial charge in [-0.3, -0.25) is 0 Å². The fourth-order valence-electron chi connectivity index (χ4n) is 2.29. The highest BCUT2D eigenvalue weighted by molar-refractivity contribution is 7.17. The molecule has 0 fully saturated rings. The predicted molar refractivity (Wildman–Crippen MR) is 77.1 cm³/mol. The Morgan fingerprint density at radius 3 is 2.39 bits per heavy atom. The van der Waals surface area contributed by atoms with Gasteiger partial charge >= 0.3 is 0 Å². The van der Waals surface area contributed by atoms with Crippen LogP contribution in [0.15, 0.2) is 29.9 Å². The van der Waals surface area contributed by atoms with Gasteiger partial charge in [0, 0.05) is 5.56 Å². The third kappa shape index (κ3) is 1.81. The maximum Gasteiger partial charge on any atom is 0.116 e. The van der Waals surface area contributed by atoms with Gasteiger partial charge in [0.05, 0.1) is 15.9 Å². The highest BCUT2D eigenvalue weighted by Gasteiger charge is 2.10. The topological polar surface area (TPSA) is 25.8 Å². The molecule has 0 N–H and O–H groups in total. The van der Waals surface area contributed by atoms with Crippen molar-refractivity contribution in [3.05, 3.63) is 46.6 Å². The van der Waals surface area contributed by atoms with Crippen LogP contribution in [0.25, 0.3) is 21.5 Å². The molecule has 2 nitrogen and oxygen atoms in total. The molecule has 3 heteroatoms. The van der Waals surface area contributed by atoms with Crippen LogP contribution in [0.1, 0.15) is 16.7 Å². The van der Waals surface area contributed by atoms with Gasteiger partial charge in [-0.05, 0) is 43.8 Å². The van der Waals surface area contributed by atoms with Crippen molar-refractivity contribution in [3.8, 4) is 11.3 Å². The molecule has 0 aliphatic rings. The molecule has 0 bridgehead atoms. The van der Waals surface area contributed by atoms with E-state index >= 15 is 0 Å². The number of aryl methyl sites for hydroxylation is 3. The van der Waals surface area contributed by atoms with Crippen LogP contribution in [-0.2, 0) is 0 Å². The Labute approximate surface area is 110 Å². The molecule has 2 aromatic heterocycles. The van der Waals surface area contributed by atoms with Crippen molar-refractivity contribution >= 4 is 21.6 Å². The molecule has 0 aliphatic heterocycles. The smallest absolute Gasteiger partial charge is 0.116 e. The van der Waals surface area contributed by atoms with E-state index in [4.69, 9.17) is 0 Å². The van der Waals surface area contributed by atoms with E-state index in [0.717, 1.165) is 11.2 Å². The summed E-state index contributed by atoms with van der Waals surface area (Å²) in [5, 5.41) is 2.14. The standard InChI is InChI=1S/C15H14N2S/c1-9-4-10(2)6-12(5-9)14-15-13(16-8-17-14)11(3)7-18-15/h4-8H,1-3H3. The van der Waals surface area contributed by atoms with Crippen molar-refractivity contribution in [2.45, 2.75) is 20.8 Å². The number of fused-ring (bicyclic) bond motifs is 1. The fourth-order valence-corrected chi connectivity index (χ4v) is 3.30. The van der Waals surface area contributed by atoms with E-state index < -0.39 is 0 Å². The lowest BCUT2D eigenvalue weighted by Gasteiger charge is -2.05. The van der Waals surface area contributed by atoms with Crippen LogP contribution in [0.3, 0.4) is 0 Å². The molecule has 0 spiro atoms. The van der Waals surface area contributed by atoms with Crippen molar-refractivity contribution in [2.75, 3.05) is 0 Å². The fraction of sp³-hybridized carbons (Fsp3) is 0.200. The zero-order valence-corrected chi connectivity index (χ0v) is 11.5. The Kier molecular flexibility index (Phi) is 2.63. The summed E-state index contributed by atoms with van der Waals surface area (Å²) < 4.78 is 1.18. The molecule has 18 heavy (non-hydrogen) atoms. The van der Waals surface area contributed by atoms with Gasteiger partial charge in [-0.2, -0.15) is 0 Å². The Hall–Kier alpha value is -1.74. The first-order chi connectivity index (χ1) is 8.65. The Morgan fingerprint density at radius 1 is 0.944 bits per heavy atom. The zero-order valence-electron chi connectivity index (χ0n) is 10.7. The molecule has 2 heterocycles. The summed E-state index contributed by atoms with van der Waals surface area (Å²) in [5.41, 5.74) is 7.06. The molecule has 0 radical (unpaired) electrons. The van der Waals surface area contributed by atoms with Crippen LogP contribution in [0.2, 0.25) is 0 Å². The Bertz CT molecular complexity index is 708. The summed E-state index contributed by atoms with van der Waals surface area (Å²) in [6.45, 7) is 6.33. The van der Waals surface area contributed by atoms with Crippen LogP contribution in [0.4, 0.5) is 0 Å². The molecule has 0 amide bonds. The van der Waals surface area contributed by atoms with Gasteiger partial charge in [-0.25, -0.2) is 9.97 Å². The van der Waals surface area contributed by atoms with E-state index in [2.05, 4.69) is 54.3 Å². The van der Waals surface area contributed by atoms with E-state index in [9.17, 15) is 0 Å². The van der Waals surface area contributed by atoms with Crippen LogP contribution in [-0.4, -0.2) is 9.97 Å².